The van der Waals surface area contributed by atoms with Crippen LogP contribution in [-0.4, -0.2) is 18.8 Å². The average Bonchev–Trinajstić information content (AvgIpc) is 2.76. The number of thioether (sulfide) groups is 1. The summed E-state index contributed by atoms with van der Waals surface area (Å²) in [5.74, 6) is 0.911. The van der Waals surface area contributed by atoms with Crippen LogP contribution >= 0.6 is 11.8 Å². The van der Waals surface area contributed by atoms with Gasteiger partial charge in [-0.3, -0.25) is 4.79 Å². The number of rotatable bonds is 9. The smallest absolute Gasteiger partial charge is 0.230 e. The fourth-order valence-electron chi connectivity index (χ4n) is 2.63. The highest BCUT2D eigenvalue weighted by atomic mass is 32.2. The molecule has 150 valence electrons. The van der Waals surface area contributed by atoms with Crippen molar-refractivity contribution in [3.63, 3.8) is 0 Å². The Balaban J connectivity index is 1.51. The largest absolute Gasteiger partial charge is 0.493 e. The zero-order chi connectivity index (χ0) is 20.5. The molecule has 0 saturated heterocycles. The van der Waals surface area contributed by atoms with Gasteiger partial charge < -0.3 is 14.8 Å². The molecule has 0 saturated carbocycles. The third-order valence-electron chi connectivity index (χ3n) is 4.15. The van der Waals surface area contributed by atoms with Crippen molar-refractivity contribution in [2.75, 3.05) is 12.9 Å². The molecule has 6 heteroatoms. The molecule has 0 radical (unpaired) electrons. The van der Waals surface area contributed by atoms with Gasteiger partial charge in [-0.25, -0.2) is 4.39 Å². The lowest BCUT2D eigenvalue weighted by Gasteiger charge is -2.13. The molecule has 29 heavy (non-hydrogen) atoms. The van der Waals surface area contributed by atoms with Gasteiger partial charge in [-0.05, 0) is 35.4 Å². The van der Waals surface area contributed by atoms with Crippen molar-refractivity contribution in [2.45, 2.75) is 18.0 Å². The van der Waals surface area contributed by atoms with Crippen LogP contribution in [0.4, 0.5) is 4.39 Å². The van der Waals surface area contributed by atoms with Crippen molar-refractivity contribution in [2.24, 2.45) is 0 Å². The SMILES string of the molecule is COc1cc(CNC(=O)CSc2ccccc2F)ccc1OCc1ccccc1. The molecule has 0 bridgehead atoms. The Kier molecular flexibility index (Phi) is 7.53. The number of halogens is 1. The molecule has 0 aliphatic rings. The molecule has 0 atom stereocenters. The minimum Gasteiger partial charge on any atom is -0.493 e. The van der Waals surface area contributed by atoms with Crippen molar-refractivity contribution in [1.29, 1.82) is 0 Å². The second-order valence-corrected chi connectivity index (χ2v) is 7.27. The minimum absolute atomic E-state index is 0.149. The van der Waals surface area contributed by atoms with E-state index in [0.717, 1.165) is 11.1 Å². The predicted molar refractivity (Wildman–Crippen MR) is 113 cm³/mol. The highest BCUT2D eigenvalue weighted by molar-refractivity contribution is 8.00. The van der Waals surface area contributed by atoms with Gasteiger partial charge in [0.1, 0.15) is 12.4 Å². The Bertz CT molecular complexity index is 950. The summed E-state index contributed by atoms with van der Waals surface area (Å²) in [4.78, 5) is 12.5. The lowest BCUT2D eigenvalue weighted by molar-refractivity contribution is -0.118. The third-order valence-corrected chi connectivity index (χ3v) is 5.20. The Labute approximate surface area is 174 Å². The van der Waals surface area contributed by atoms with Crippen molar-refractivity contribution in [3.05, 3.63) is 89.7 Å². The summed E-state index contributed by atoms with van der Waals surface area (Å²) < 4.78 is 24.9. The van der Waals surface area contributed by atoms with E-state index >= 15 is 0 Å². The van der Waals surface area contributed by atoms with E-state index in [2.05, 4.69) is 5.32 Å². The van der Waals surface area contributed by atoms with Crippen LogP contribution in [0.3, 0.4) is 0 Å². The van der Waals surface area contributed by atoms with E-state index in [1.165, 1.54) is 17.8 Å². The fraction of sp³-hybridized carbons (Fsp3) is 0.174. The van der Waals surface area contributed by atoms with E-state index in [4.69, 9.17) is 9.47 Å². The zero-order valence-corrected chi connectivity index (χ0v) is 16.9. The molecule has 0 heterocycles. The normalized spacial score (nSPS) is 10.4. The van der Waals surface area contributed by atoms with Gasteiger partial charge in [0.05, 0.1) is 12.9 Å². The van der Waals surface area contributed by atoms with Crippen LogP contribution in [0.1, 0.15) is 11.1 Å². The number of hydrogen-bond donors (Lipinski definition) is 1. The van der Waals surface area contributed by atoms with Crippen LogP contribution in [0.15, 0.2) is 77.7 Å². The van der Waals surface area contributed by atoms with Crippen LogP contribution < -0.4 is 14.8 Å². The van der Waals surface area contributed by atoms with Crippen molar-refractivity contribution < 1.29 is 18.7 Å². The number of carbonyl (C=O) groups is 1. The molecule has 3 aromatic rings. The first-order chi connectivity index (χ1) is 14.2. The molecule has 3 rings (SSSR count). The lowest BCUT2D eigenvalue weighted by atomic mass is 10.2. The van der Waals surface area contributed by atoms with Gasteiger partial charge in [0, 0.05) is 11.4 Å². The van der Waals surface area contributed by atoms with E-state index < -0.39 is 0 Å². The average molecular weight is 411 g/mol. The quantitative estimate of drug-likeness (QED) is 0.513. The van der Waals surface area contributed by atoms with Gasteiger partial charge >= 0.3 is 0 Å². The highest BCUT2D eigenvalue weighted by Gasteiger charge is 2.09. The first kappa shape index (κ1) is 20.7. The maximum absolute atomic E-state index is 13.6. The van der Waals surface area contributed by atoms with E-state index in [1.54, 1.807) is 25.3 Å². The van der Waals surface area contributed by atoms with Gasteiger partial charge in [0.2, 0.25) is 5.91 Å². The standard InChI is InChI=1S/C23H22FNO3S/c1-27-21-13-18(11-12-20(21)28-15-17-7-3-2-4-8-17)14-25-23(26)16-29-22-10-6-5-9-19(22)24/h2-13H,14-16H2,1H3,(H,25,26). The first-order valence-electron chi connectivity index (χ1n) is 9.13. The highest BCUT2D eigenvalue weighted by Crippen LogP contribution is 2.29. The fourth-order valence-corrected chi connectivity index (χ4v) is 3.40. The van der Waals surface area contributed by atoms with Crippen LogP contribution in [0.5, 0.6) is 11.5 Å². The summed E-state index contributed by atoms with van der Waals surface area (Å²) in [5.41, 5.74) is 1.95. The molecule has 1 amide bonds. The maximum atomic E-state index is 13.6. The number of nitrogens with one attached hydrogen (secondary N) is 1. The summed E-state index contributed by atoms with van der Waals surface area (Å²) in [5, 5.41) is 2.84. The van der Waals surface area contributed by atoms with Crippen molar-refractivity contribution >= 4 is 17.7 Å². The minimum atomic E-state index is -0.318. The predicted octanol–water partition coefficient (Wildman–Crippen LogP) is 4.82. The number of methoxy groups -OCH3 is 1. The van der Waals surface area contributed by atoms with E-state index in [0.29, 0.717) is 29.5 Å². The summed E-state index contributed by atoms with van der Waals surface area (Å²) in [7, 11) is 1.58. The number of carbonyl (C=O) groups excluding carboxylic acids is 1. The number of hydrogen-bond acceptors (Lipinski definition) is 4. The van der Waals surface area contributed by atoms with Gasteiger partial charge in [0.25, 0.3) is 0 Å². The Morgan fingerprint density at radius 1 is 0.966 bits per heavy atom. The molecular weight excluding hydrogens is 389 g/mol. The molecule has 4 nitrogen and oxygen atoms in total. The summed E-state index contributed by atoms with van der Waals surface area (Å²) in [6.07, 6.45) is 0. The van der Waals surface area contributed by atoms with Crippen molar-refractivity contribution in [3.8, 4) is 11.5 Å². The molecule has 0 aromatic heterocycles. The summed E-state index contributed by atoms with van der Waals surface area (Å²) in [6.45, 7) is 0.798. The molecule has 3 aromatic carbocycles. The second kappa shape index (κ2) is 10.5. The van der Waals surface area contributed by atoms with Gasteiger partial charge in [-0.15, -0.1) is 11.8 Å². The van der Waals surface area contributed by atoms with E-state index in [9.17, 15) is 9.18 Å². The molecule has 0 unspecified atom stereocenters. The lowest BCUT2D eigenvalue weighted by Crippen LogP contribution is -2.24. The Morgan fingerprint density at radius 2 is 1.72 bits per heavy atom. The molecular formula is C23H22FNO3S. The van der Waals surface area contributed by atoms with Gasteiger partial charge in [0.15, 0.2) is 11.5 Å². The topological polar surface area (TPSA) is 47.6 Å². The van der Waals surface area contributed by atoms with E-state index in [-0.39, 0.29) is 17.5 Å². The summed E-state index contributed by atoms with van der Waals surface area (Å²) in [6, 6.07) is 21.8. The monoisotopic (exact) mass is 411 g/mol. The van der Waals surface area contributed by atoms with Crippen LogP contribution in [0.2, 0.25) is 0 Å². The van der Waals surface area contributed by atoms with Crippen molar-refractivity contribution in [1.82, 2.24) is 5.32 Å². The number of ether oxygens (including phenoxy) is 2. The molecule has 1 N–H and O–H groups in total. The number of amides is 1. The maximum Gasteiger partial charge on any atom is 0.230 e. The van der Waals surface area contributed by atoms with Gasteiger partial charge in [-0.2, -0.15) is 0 Å². The second-order valence-electron chi connectivity index (χ2n) is 6.26. The van der Waals surface area contributed by atoms with Gasteiger partial charge in [-0.1, -0.05) is 48.5 Å². The van der Waals surface area contributed by atoms with E-state index in [1.807, 2.05) is 48.5 Å². The zero-order valence-electron chi connectivity index (χ0n) is 16.1. The first-order valence-corrected chi connectivity index (χ1v) is 10.1. The molecule has 0 fully saturated rings. The van der Waals surface area contributed by atoms with Crippen LogP contribution in [-0.2, 0) is 17.9 Å². The summed E-state index contributed by atoms with van der Waals surface area (Å²) >= 11 is 1.17. The molecule has 0 aliphatic heterocycles. The van der Waals surface area contributed by atoms with Crippen LogP contribution in [0, 0.1) is 5.82 Å². The number of benzene rings is 3. The Hall–Kier alpha value is -2.99. The molecule has 0 spiro atoms. The Morgan fingerprint density at radius 3 is 2.48 bits per heavy atom. The third kappa shape index (κ3) is 6.26. The molecule has 0 aliphatic carbocycles. The van der Waals surface area contributed by atoms with Crippen LogP contribution in [0.25, 0.3) is 0 Å².